The molecular formula is C17H36N2O2. The summed E-state index contributed by atoms with van der Waals surface area (Å²) in [4.78, 5) is 2.59. The molecule has 0 aliphatic carbocycles. The molecule has 4 nitrogen and oxygen atoms in total. The predicted molar refractivity (Wildman–Crippen MR) is 88.8 cm³/mol. The maximum Gasteiger partial charge on any atom is 0.0589 e. The van der Waals surface area contributed by atoms with Crippen molar-refractivity contribution in [3.05, 3.63) is 0 Å². The zero-order valence-electron chi connectivity index (χ0n) is 14.6. The average Bonchev–Trinajstić information content (AvgIpc) is 2.45. The van der Waals surface area contributed by atoms with Crippen LogP contribution in [0.15, 0.2) is 0 Å². The van der Waals surface area contributed by atoms with E-state index in [9.17, 15) is 0 Å². The summed E-state index contributed by atoms with van der Waals surface area (Å²) < 4.78 is 10.9. The first-order valence-corrected chi connectivity index (χ1v) is 8.61. The van der Waals surface area contributed by atoms with Crippen LogP contribution in [0.5, 0.6) is 0 Å². The minimum atomic E-state index is 0.371. The first kappa shape index (κ1) is 18.9. The highest BCUT2D eigenvalue weighted by molar-refractivity contribution is 4.87. The van der Waals surface area contributed by atoms with Crippen molar-refractivity contribution in [2.75, 3.05) is 59.7 Å². The van der Waals surface area contributed by atoms with Gasteiger partial charge in [0.15, 0.2) is 0 Å². The van der Waals surface area contributed by atoms with E-state index in [0.29, 0.717) is 11.3 Å². The van der Waals surface area contributed by atoms with E-state index in [1.165, 1.54) is 19.3 Å². The lowest BCUT2D eigenvalue weighted by Crippen LogP contribution is -2.49. The molecule has 0 aromatic rings. The SMILES string of the molecule is CCCNCC1(CN(CCOC)CC(C)C)CCOCC1. The Labute approximate surface area is 131 Å². The van der Waals surface area contributed by atoms with Crippen LogP contribution >= 0.6 is 0 Å². The highest BCUT2D eigenvalue weighted by Gasteiger charge is 2.34. The fraction of sp³-hybridized carbons (Fsp3) is 1.00. The Bertz CT molecular complexity index is 253. The molecule has 1 fully saturated rings. The van der Waals surface area contributed by atoms with Crippen LogP contribution in [0.25, 0.3) is 0 Å². The molecule has 1 heterocycles. The molecule has 1 aliphatic heterocycles. The number of nitrogens with zero attached hydrogens (tertiary/aromatic N) is 1. The molecule has 0 aromatic carbocycles. The summed E-state index contributed by atoms with van der Waals surface area (Å²) >= 11 is 0. The monoisotopic (exact) mass is 300 g/mol. The first-order chi connectivity index (χ1) is 10.1. The number of nitrogens with one attached hydrogen (secondary N) is 1. The van der Waals surface area contributed by atoms with Crippen molar-refractivity contribution in [1.82, 2.24) is 10.2 Å². The van der Waals surface area contributed by atoms with Crippen LogP contribution < -0.4 is 5.32 Å². The Balaban J connectivity index is 2.60. The lowest BCUT2D eigenvalue weighted by atomic mass is 9.79. The standard InChI is InChI=1S/C17H36N2O2/c1-5-8-18-14-17(6-10-21-11-7-17)15-19(9-12-20-4)13-16(2)3/h16,18H,5-15H2,1-4H3. The molecule has 1 aliphatic rings. The molecule has 21 heavy (non-hydrogen) atoms. The van der Waals surface area contributed by atoms with Crippen molar-refractivity contribution in [1.29, 1.82) is 0 Å². The van der Waals surface area contributed by atoms with Gasteiger partial charge in [-0.25, -0.2) is 0 Å². The normalized spacial score (nSPS) is 18.6. The Kier molecular flexibility index (Phi) is 9.49. The molecule has 0 radical (unpaired) electrons. The number of rotatable bonds is 11. The summed E-state index contributed by atoms with van der Waals surface area (Å²) in [5.74, 6) is 0.697. The third-order valence-corrected chi connectivity index (χ3v) is 4.27. The second-order valence-electron chi connectivity index (χ2n) is 6.91. The lowest BCUT2D eigenvalue weighted by Gasteiger charge is -2.41. The van der Waals surface area contributed by atoms with Crippen LogP contribution in [0.1, 0.15) is 40.0 Å². The van der Waals surface area contributed by atoms with Gasteiger partial charge in [-0.1, -0.05) is 20.8 Å². The van der Waals surface area contributed by atoms with Crippen LogP contribution in [0.4, 0.5) is 0 Å². The Morgan fingerprint density at radius 2 is 2.00 bits per heavy atom. The van der Waals surface area contributed by atoms with E-state index < -0.39 is 0 Å². The zero-order valence-corrected chi connectivity index (χ0v) is 14.6. The van der Waals surface area contributed by atoms with E-state index in [1.54, 1.807) is 7.11 Å². The summed E-state index contributed by atoms with van der Waals surface area (Å²) in [6.07, 6.45) is 3.54. The molecular weight excluding hydrogens is 264 g/mol. The summed E-state index contributed by atoms with van der Waals surface area (Å²) in [6.45, 7) is 15.0. The van der Waals surface area contributed by atoms with Gasteiger partial charge in [0.2, 0.25) is 0 Å². The fourth-order valence-corrected chi connectivity index (χ4v) is 3.17. The highest BCUT2D eigenvalue weighted by atomic mass is 16.5. The van der Waals surface area contributed by atoms with Crippen molar-refractivity contribution in [2.24, 2.45) is 11.3 Å². The van der Waals surface area contributed by atoms with Gasteiger partial charge >= 0.3 is 0 Å². The summed E-state index contributed by atoms with van der Waals surface area (Å²) in [5, 5.41) is 3.65. The maximum absolute atomic E-state index is 5.60. The first-order valence-electron chi connectivity index (χ1n) is 8.61. The summed E-state index contributed by atoms with van der Waals surface area (Å²) in [6, 6.07) is 0. The third kappa shape index (κ3) is 7.59. The molecule has 0 bridgehead atoms. The molecule has 1 N–H and O–H groups in total. The van der Waals surface area contributed by atoms with Crippen molar-refractivity contribution in [2.45, 2.75) is 40.0 Å². The minimum Gasteiger partial charge on any atom is -0.383 e. The van der Waals surface area contributed by atoms with E-state index in [1.807, 2.05) is 0 Å². The van der Waals surface area contributed by atoms with E-state index in [0.717, 1.165) is 52.5 Å². The topological polar surface area (TPSA) is 33.7 Å². The number of hydrogen-bond donors (Lipinski definition) is 1. The van der Waals surface area contributed by atoms with Crippen molar-refractivity contribution >= 4 is 0 Å². The molecule has 0 saturated carbocycles. The van der Waals surface area contributed by atoms with Gasteiger partial charge in [-0.3, -0.25) is 0 Å². The maximum atomic E-state index is 5.60. The Morgan fingerprint density at radius 1 is 1.29 bits per heavy atom. The number of ether oxygens (including phenoxy) is 2. The van der Waals surface area contributed by atoms with Gasteiger partial charge < -0.3 is 19.7 Å². The largest absolute Gasteiger partial charge is 0.383 e. The van der Waals surface area contributed by atoms with Crippen LogP contribution in [0.2, 0.25) is 0 Å². The number of hydrogen-bond acceptors (Lipinski definition) is 4. The molecule has 0 atom stereocenters. The molecule has 1 rings (SSSR count). The van der Waals surface area contributed by atoms with Crippen LogP contribution in [0, 0.1) is 11.3 Å². The van der Waals surface area contributed by atoms with Crippen molar-refractivity contribution in [3.63, 3.8) is 0 Å². The smallest absolute Gasteiger partial charge is 0.0589 e. The number of methoxy groups -OCH3 is 1. The average molecular weight is 300 g/mol. The molecule has 0 aromatic heterocycles. The van der Waals surface area contributed by atoms with E-state index >= 15 is 0 Å². The van der Waals surface area contributed by atoms with E-state index in [2.05, 4.69) is 31.0 Å². The van der Waals surface area contributed by atoms with Crippen LogP contribution in [0.3, 0.4) is 0 Å². The summed E-state index contributed by atoms with van der Waals surface area (Å²) in [5.41, 5.74) is 0.371. The van der Waals surface area contributed by atoms with Crippen LogP contribution in [-0.4, -0.2) is 64.6 Å². The second kappa shape index (κ2) is 10.5. The molecule has 1 saturated heterocycles. The predicted octanol–water partition coefficient (Wildman–Crippen LogP) is 2.39. The van der Waals surface area contributed by atoms with Gasteiger partial charge in [-0.2, -0.15) is 0 Å². The Morgan fingerprint density at radius 3 is 2.57 bits per heavy atom. The minimum absolute atomic E-state index is 0.371. The highest BCUT2D eigenvalue weighted by Crippen LogP contribution is 2.31. The van der Waals surface area contributed by atoms with Gasteiger partial charge in [0.25, 0.3) is 0 Å². The van der Waals surface area contributed by atoms with Gasteiger partial charge in [-0.15, -0.1) is 0 Å². The van der Waals surface area contributed by atoms with Gasteiger partial charge in [0, 0.05) is 46.5 Å². The lowest BCUT2D eigenvalue weighted by molar-refractivity contribution is -0.00939. The van der Waals surface area contributed by atoms with Crippen LogP contribution in [-0.2, 0) is 9.47 Å². The fourth-order valence-electron chi connectivity index (χ4n) is 3.17. The quantitative estimate of drug-likeness (QED) is 0.594. The van der Waals surface area contributed by atoms with Crippen molar-refractivity contribution < 1.29 is 9.47 Å². The third-order valence-electron chi connectivity index (χ3n) is 4.27. The summed E-state index contributed by atoms with van der Waals surface area (Å²) in [7, 11) is 1.79. The van der Waals surface area contributed by atoms with Gasteiger partial charge in [0.1, 0.15) is 0 Å². The molecule has 4 heteroatoms. The second-order valence-corrected chi connectivity index (χ2v) is 6.91. The Hall–Kier alpha value is -0.160. The van der Waals surface area contributed by atoms with Gasteiger partial charge in [0.05, 0.1) is 6.61 Å². The molecule has 126 valence electrons. The van der Waals surface area contributed by atoms with Crippen molar-refractivity contribution in [3.8, 4) is 0 Å². The van der Waals surface area contributed by atoms with Gasteiger partial charge in [-0.05, 0) is 37.1 Å². The molecule has 0 spiro atoms. The van der Waals surface area contributed by atoms with E-state index in [-0.39, 0.29) is 0 Å². The van der Waals surface area contributed by atoms with E-state index in [4.69, 9.17) is 9.47 Å². The molecule has 0 amide bonds. The molecule has 0 unspecified atom stereocenters. The zero-order chi connectivity index (χ0) is 15.6.